The molecule has 3 rings (SSSR count). The fraction of sp³-hybridized carbons (Fsp3) is 0.174. The van der Waals surface area contributed by atoms with Crippen LogP contribution < -0.4 is 5.48 Å². The van der Waals surface area contributed by atoms with E-state index in [1.807, 2.05) is 24.3 Å². The molecule has 28 heavy (non-hydrogen) atoms. The van der Waals surface area contributed by atoms with Gasteiger partial charge in [0.05, 0.1) is 6.54 Å². The number of rotatable bonds is 8. The molecule has 0 fully saturated rings. The van der Waals surface area contributed by atoms with Gasteiger partial charge in [-0.2, -0.15) is 0 Å². The maximum atomic E-state index is 11.0. The number of hydroxylamine groups is 1. The van der Waals surface area contributed by atoms with Crippen LogP contribution in [0.4, 0.5) is 0 Å². The molecule has 0 saturated carbocycles. The van der Waals surface area contributed by atoms with E-state index in [1.165, 1.54) is 28.8 Å². The lowest BCUT2D eigenvalue weighted by atomic mass is 10.0. The molecule has 0 aliphatic carbocycles. The molecule has 0 atom stereocenters. The van der Waals surface area contributed by atoms with Gasteiger partial charge in [0.2, 0.25) is 0 Å². The summed E-state index contributed by atoms with van der Waals surface area (Å²) in [5.41, 5.74) is 5.22. The van der Waals surface area contributed by atoms with E-state index >= 15 is 0 Å². The summed E-state index contributed by atoms with van der Waals surface area (Å²) < 4.78 is 5.74. The first kappa shape index (κ1) is 19.6. The molecule has 5 heteroatoms. The Morgan fingerprint density at radius 3 is 2.39 bits per heavy atom. The van der Waals surface area contributed by atoms with E-state index in [0.29, 0.717) is 12.3 Å². The Hall–Kier alpha value is -3.15. The molecule has 0 aliphatic rings. The Kier molecular flexibility index (Phi) is 6.78. The van der Waals surface area contributed by atoms with Gasteiger partial charge in [-0.05, 0) is 41.4 Å². The average molecular weight is 376 g/mol. The highest BCUT2D eigenvalue weighted by atomic mass is 16.5. The van der Waals surface area contributed by atoms with E-state index in [-0.39, 0.29) is 0 Å². The third-order valence-corrected chi connectivity index (χ3v) is 4.49. The molecular formula is C23H24N2O3. The number of hydrogen-bond acceptors (Lipinski definition) is 4. The number of furan rings is 1. The van der Waals surface area contributed by atoms with Gasteiger partial charge in [-0.25, -0.2) is 5.48 Å². The summed E-state index contributed by atoms with van der Waals surface area (Å²) in [6.45, 7) is 4.51. The normalized spacial score (nSPS) is 11.2. The van der Waals surface area contributed by atoms with Crippen LogP contribution in [0.25, 0.3) is 17.2 Å². The molecule has 0 radical (unpaired) electrons. The third-order valence-electron chi connectivity index (χ3n) is 4.49. The van der Waals surface area contributed by atoms with Crippen LogP contribution in [0.1, 0.15) is 24.0 Å². The smallest absolute Gasteiger partial charge is 0.267 e. The summed E-state index contributed by atoms with van der Waals surface area (Å²) in [6, 6.07) is 22.7. The van der Waals surface area contributed by atoms with Gasteiger partial charge in [0.15, 0.2) is 0 Å². The van der Waals surface area contributed by atoms with E-state index in [0.717, 1.165) is 18.8 Å². The number of benzene rings is 2. The monoisotopic (exact) mass is 376 g/mol. The average Bonchev–Trinajstić information content (AvgIpc) is 3.20. The van der Waals surface area contributed by atoms with E-state index < -0.39 is 5.91 Å². The summed E-state index contributed by atoms with van der Waals surface area (Å²) in [6.07, 6.45) is 2.74. The molecule has 2 aromatic carbocycles. The Labute approximate surface area is 164 Å². The van der Waals surface area contributed by atoms with Crippen molar-refractivity contribution in [2.24, 2.45) is 0 Å². The first-order valence-corrected chi connectivity index (χ1v) is 9.25. The van der Waals surface area contributed by atoms with Crippen molar-refractivity contribution in [3.8, 4) is 11.1 Å². The zero-order chi connectivity index (χ0) is 19.8. The van der Waals surface area contributed by atoms with Crippen molar-refractivity contribution >= 4 is 12.0 Å². The van der Waals surface area contributed by atoms with Crippen molar-refractivity contribution in [2.75, 3.05) is 6.54 Å². The van der Waals surface area contributed by atoms with Crippen LogP contribution in [-0.2, 0) is 17.9 Å². The van der Waals surface area contributed by atoms with E-state index in [4.69, 9.17) is 9.62 Å². The standard InChI is InChI=1S/C23H24N2O3/c1-2-25(17-22-13-12-21(28-22)14-15-23(26)24-27)16-18-8-10-20(11-9-18)19-6-4-3-5-7-19/h3-15,27H,2,16-17H2,1H3,(H,24,26)/b15-14+. The molecule has 1 heterocycles. The minimum atomic E-state index is -0.591. The summed E-state index contributed by atoms with van der Waals surface area (Å²) in [7, 11) is 0. The molecule has 5 nitrogen and oxygen atoms in total. The van der Waals surface area contributed by atoms with Crippen molar-refractivity contribution < 1.29 is 14.4 Å². The second kappa shape index (κ2) is 9.69. The molecule has 0 spiro atoms. The summed E-state index contributed by atoms with van der Waals surface area (Å²) in [5.74, 6) is 0.806. The fourth-order valence-electron chi connectivity index (χ4n) is 2.96. The van der Waals surface area contributed by atoms with Crippen LogP contribution >= 0.6 is 0 Å². The molecule has 1 aromatic heterocycles. The van der Waals surface area contributed by atoms with Crippen molar-refractivity contribution in [1.29, 1.82) is 0 Å². The quantitative estimate of drug-likeness (QED) is 0.345. The Bertz CT molecular complexity index is 915. The van der Waals surface area contributed by atoms with E-state index in [9.17, 15) is 4.79 Å². The minimum absolute atomic E-state index is 0.571. The molecule has 0 bridgehead atoms. The van der Waals surface area contributed by atoms with Gasteiger partial charge in [0.1, 0.15) is 11.5 Å². The summed E-state index contributed by atoms with van der Waals surface area (Å²) in [5, 5.41) is 8.50. The minimum Gasteiger partial charge on any atom is -0.460 e. The van der Waals surface area contributed by atoms with Crippen LogP contribution in [0.3, 0.4) is 0 Å². The first-order valence-electron chi connectivity index (χ1n) is 9.25. The first-order chi connectivity index (χ1) is 13.7. The Morgan fingerprint density at radius 2 is 1.71 bits per heavy atom. The highest BCUT2D eigenvalue weighted by Crippen LogP contribution is 2.20. The van der Waals surface area contributed by atoms with Crippen LogP contribution in [0.15, 0.2) is 77.2 Å². The van der Waals surface area contributed by atoms with E-state index in [1.54, 1.807) is 11.5 Å². The topological polar surface area (TPSA) is 65.7 Å². The van der Waals surface area contributed by atoms with Gasteiger partial charge < -0.3 is 4.42 Å². The number of nitrogens with one attached hydrogen (secondary N) is 1. The highest BCUT2D eigenvalue weighted by Gasteiger charge is 2.09. The van der Waals surface area contributed by atoms with Crippen LogP contribution in [0.5, 0.6) is 0 Å². The maximum Gasteiger partial charge on any atom is 0.267 e. The van der Waals surface area contributed by atoms with Gasteiger partial charge in [-0.3, -0.25) is 14.9 Å². The van der Waals surface area contributed by atoms with Gasteiger partial charge in [-0.1, -0.05) is 61.5 Å². The lowest BCUT2D eigenvalue weighted by Gasteiger charge is -2.19. The molecule has 144 valence electrons. The number of amides is 1. The number of nitrogens with zero attached hydrogens (tertiary/aromatic N) is 1. The van der Waals surface area contributed by atoms with Crippen molar-refractivity contribution in [2.45, 2.75) is 20.0 Å². The Morgan fingerprint density at radius 1 is 1.00 bits per heavy atom. The molecule has 2 N–H and O–H groups in total. The molecule has 1 amide bonds. The fourth-order valence-corrected chi connectivity index (χ4v) is 2.96. The number of hydrogen-bond donors (Lipinski definition) is 2. The summed E-state index contributed by atoms with van der Waals surface area (Å²) in [4.78, 5) is 13.3. The largest absolute Gasteiger partial charge is 0.460 e. The molecule has 0 aliphatic heterocycles. The predicted octanol–water partition coefficient (Wildman–Crippen LogP) is 4.49. The lowest BCUT2D eigenvalue weighted by molar-refractivity contribution is -0.124. The summed E-state index contributed by atoms with van der Waals surface area (Å²) >= 11 is 0. The predicted molar refractivity (Wildman–Crippen MR) is 109 cm³/mol. The van der Waals surface area contributed by atoms with Crippen LogP contribution in [0, 0.1) is 0 Å². The Balaban J connectivity index is 1.61. The highest BCUT2D eigenvalue weighted by molar-refractivity contribution is 5.90. The van der Waals surface area contributed by atoms with Gasteiger partial charge in [0.25, 0.3) is 5.91 Å². The number of carbonyl (C=O) groups is 1. The molecule has 0 saturated heterocycles. The molecular weight excluding hydrogens is 352 g/mol. The molecule has 3 aromatic rings. The van der Waals surface area contributed by atoms with Crippen LogP contribution in [0.2, 0.25) is 0 Å². The van der Waals surface area contributed by atoms with Crippen LogP contribution in [-0.4, -0.2) is 22.6 Å². The van der Waals surface area contributed by atoms with Gasteiger partial charge in [0, 0.05) is 12.6 Å². The molecule has 0 unspecified atom stereocenters. The lowest BCUT2D eigenvalue weighted by Crippen LogP contribution is -2.21. The zero-order valence-corrected chi connectivity index (χ0v) is 15.8. The van der Waals surface area contributed by atoms with Crippen molar-refractivity contribution in [1.82, 2.24) is 10.4 Å². The maximum absolute atomic E-state index is 11.0. The van der Waals surface area contributed by atoms with Crippen molar-refractivity contribution in [3.63, 3.8) is 0 Å². The SMILES string of the molecule is CCN(Cc1ccc(-c2ccccc2)cc1)Cc1ccc(/C=C/C(=O)NO)o1. The van der Waals surface area contributed by atoms with E-state index in [2.05, 4.69) is 48.2 Å². The zero-order valence-electron chi connectivity index (χ0n) is 15.8. The second-order valence-corrected chi connectivity index (χ2v) is 6.48. The van der Waals surface area contributed by atoms with Crippen molar-refractivity contribution in [3.05, 3.63) is 89.9 Å². The van der Waals surface area contributed by atoms with Gasteiger partial charge >= 0.3 is 0 Å². The van der Waals surface area contributed by atoms with Gasteiger partial charge in [-0.15, -0.1) is 0 Å². The second-order valence-electron chi connectivity index (χ2n) is 6.48. The third kappa shape index (κ3) is 5.42. The number of carbonyl (C=O) groups excluding carboxylic acids is 1.